The molecule has 182 valence electrons. The van der Waals surface area contributed by atoms with Crippen LogP contribution in [0.3, 0.4) is 0 Å². The molecule has 0 saturated heterocycles. The first-order valence-corrected chi connectivity index (χ1v) is 12.6. The van der Waals surface area contributed by atoms with E-state index in [-0.39, 0.29) is 5.91 Å². The number of unbranched alkanes of at least 4 members (excludes halogenated alkanes) is 2. The maximum Gasteiger partial charge on any atom is 0.220 e. The third-order valence-corrected chi connectivity index (χ3v) is 6.19. The van der Waals surface area contributed by atoms with E-state index in [0.29, 0.717) is 13.0 Å². The molecule has 5 heteroatoms. The molecule has 35 heavy (non-hydrogen) atoms. The third kappa shape index (κ3) is 7.44. The molecule has 0 aliphatic heterocycles. The van der Waals surface area contributed by atoms with Crippen molar-refractivity contribution >= 4 is 16.9 Å². The quantitative estimate of drug-likeness (QED) is 0.249. The van der Waals surface area contributed by atoms with Gasteiger partial charge in [0.2, 0.25) is 5.91 Å². The minimum absolute atomic E-state index is 0.129. The van der Waals surface area contributed by atoms with Crippen molar-refractivity contribution in [3.05, 3.63) is 95.8 Å². The highest BCUT2D eigenvalue weighted by Crippen LogP contribution is 2.19. The molecule has 0 spiro atoms. The van der Waals surface area contributed by atoms with Gasteiger partial charge < -0.3 is 14.6 Å². The van der Waals surface area contributed by atoms with Gasteiger partial charge in [-0.15, -0.1) is 0 Å². The van der Waals surface area contributed by atoms with Crippen LogP contribution in [0.1, 0.15) is 42.6 Å². The SMILES string of the molecule is Cc1cccc(OCCn2c(CCCCCNC(=O)CCc3ccccc3)nc3ccccc32)c1. The molecule has 0 saturated carbocycles. The van der Waals surface area contributed by atoms with E-state index in [2.05, 4.69) is 59.3 Å². The summed E-state index contributed by atoms with van der Waals surface area (Å²) in [4.78, 5) is 17.0. The molecule has 0 aliphatic carbocycles. The van der Waals surface area contributed by atoms with Crippen LogP contribution < -0.4 is 10.1 Å². The summed E-state index contributed by atoms with van der Waals surface area (Å²) >= 11 is 0. The Morgan fingerprint density at radius 3 is 2.60 bits per heavy atom. The number of nitrogens with one attached hydrogen (secondary N) is 1. The largest absolute Gasteiger partial charge is 0.492 e. The molecular formula is C30H35N3O2. The van der Waals surface area contributed by atoms with Crippen LogP contribution in [0, 0.1) is 6.92 Å². The van der Waals surface area contributed by atoms with Gasteiger partial charge in [0.15, 0.2) is 0 Å². The fourth-order valence-electron chi connectivity index (χ4n) is 4.33. The highest BCUT2D eigenvalue weighted by atomic mass is 16.5. The number of nitrogens with zero attached hydrogens (tertiary/aromatic N) is 2. The van der Waals surface area contributed by atoms with Gasteiger partial charge >= 0.3 is 0 Å². The van der Waals surface area contributed by atoms with Crippen molar-refractivity contribution in [1.29, 1.82) is 0 Å². The fraction of sp³-hybridized carbons (Fsp3) is 0.333. The first-order valence-electron chi connectivity index (χ1n) is 12.6. The lowest BCUT2D eigenvalue weighted by Gasteiger charge is -2.11. The Morgan fingerprint density at radius 2 is 1.74 bits per heavy atom. The molecule has 4 aromatic rings. The van der Waals surface area contributed by atoms with E-state index < -0.39 is 0 Å². The smallest absolute Gasteiger partial charge is 0.220 e. The summed E-state index contributed by atoms with van der Waals surface area (Å²) < 4.78 is 8.29. The van der Waals surface area contributed by atoms with Gasteiger partial charge in [0, 0.05) is 19.4 Å². The number of amides is 1. The summed E-state index contributed by atoms with van der Waals surface area (Å²) in [5, 5.41) is 3.06. The van der Waals surface area contributed by atoms with Crippen LogP contribution in [-0.4, -0.2) is 28.6 Å². The van der Waals surface area contributed by atoms with Crippen LogP contribution in [0.15, 0.2) is 78.9 Å². The maximum atomic E-state index is 12.1. The van der Waals surface area contributed by atoms with Crippen molar-refractivity contribution in [2.24, 2.45) is 0 Å². The van der Waals surface area contributed by atoms with Gasteiger partial charge in [-0.25, -0.2) is 4.98 Å². The molecule has 4 rings (SSSR count). The van der Waals surface area contributed by atoms with Gasteiger partial charge in [0.1, 0.15) is 18.2 Å². The number of aryl methyl sites for hydroxylation is 3. The Labute approximate surface area is 208 Å². The second kappa shape index (κ2) is 12.7. The maximum absolute atomic E-state index is 12.1. The summed E-state index contributed by atoms with van der Waals surface area (Å²) in [6.07, 6.45) is 5.33. The fourth-order valence-corrected chi connectivity index (χ4v) is 4.33. The van der Waals surface area contributed by atoms with Crippen molar-refractivity contribution in [2.45, 2.75) is 52.0 Å². The summed E-state index contributed by atoms with van der Waals surface area (Å²) in [6, 6.07) is 26.6. The number of carbonyl (C=O) groups excluding carboxylic acids is 1. The Kier molecular flexibility index (Phi) is 8.93. The highest BCUT2D eigenvalue weighted by Gasteiger charge is 2.10. The van der Waals surface area contributed by atoms with Crippen molar-refractivity contribution in [1.82, 2.24) is 14.9 Å². The van der Waals surface area contributed by atoms with Crippen LogP contribution in [0.5, 0.6) is 5.75 Å². The first kappa shape index (κ1) is 24.5. The molecule has 5 nitrogen and oxygen atoms in total. The number of para-hydroxylation sites is 2. The first-order chi connectivity index (χ1) is 17.2. The van der Waals surface area contributed by atoms with Crippen LogP contribution in [-0.2, 0) is 24.2 Å². The number of ether oxygens (including phenoxy) is 1. The number of imidazole rings is 1. The number of fused-ring (bicyclic) bond motifs is 1. The molecule has 1 amide bonds. The van der Waals surface area contributed by atoms with Gasteiger partial charge in [0.05, 0.1) is 17.6 Å². The van der Waals surface area contributed by atoms with E-state index in [1.54, 1.807) is 0 Å². The Bertz CT molecular complexity index is 1220. The lowest BCUT2D eigenvalue weighted by molar-refractivity contribution is -0.121. The lowest BCUT2D eigenvalue weighted by Crippen LogP contribution is -2.24. The number of rotatable bonds is 13. The second-order valence-electron chi connectivity index (χ2n) is 8.98. The Morgan fingerprint density at radius 1 is 0.914 bits per heavy atom. The minimum Gasteiger partial charge on any atom is -0.492 e. The predicted octanol–water partition coefficient (Wildman–Crippen LogP) is 5.89. The van der Waals surface area contributed by atoms with Crippen LogP contribution >= 0.6 is 0 Å². The number of carbonyl (C=O) groups is 1. The molecule has 1 N–H and O–H groups in total. The average Bonchev–Trinajstić information content (AvgIpc) is 3.23. The van der Waals surface area contributed by atoms with Gasteiger partial charge in [-0.3, -0.25) is 4.79 Å². The lowest BCUT2D eigenvalue weighted by atomic mass is 10.1. The van der Waals surface area contributed by atoms with Gasteiger partial charge in [-0.2, -0.15) is 0 Å². The molecular weight excluding hydrogens is 434 g/mol. The molecule has 0 fully saturated rings. The van der Waals surface area contributed by atoms with E-state index in [1.807, 2.05) is 36.4 Å². The topological polar surface area (TPSA) is 56.1 Å². The summed E-state index contributed by atoms with van der Waals surface area (Å²) in [6.45, 7) is 4.17. The van der Waals surface area contributed by atoms with E-state index >= 15 is 0 Å². The summed E-state index contributed by atoms with van der Waals surface area (Å²) in [7, 11) is 0. The van der Waals surface area contributed by atoms with Crippen molar-refractivity contribution in [2.75, 3.05) is 13.2 Å². The molecule has 0 bridgehead atoms. The third-order valence-electron chi connectivity index (χ3n) is 6.19. The van der Waals surface area contributed by atoms with E-state index in [9.17, 15) is 4.79 Å². The van der Waals surface area contributed by atoms with Crippen LogP contribution in [0.2, 0.25) is 0 Å². The van der Waals surface area contributed by atoms with Gasteiger partial charge in [-0.05, 0) is 61.6 Å². The van der Waals surface area contributed by atoms with Crippen LogP contribution in [0.4, 0.5) is 0 Å². The highest BCUT2D eigenvalue weighted by molar-refractivity contribution is 5.76. The van der Waals surface area contributed by atoms with Crippen molar-refractivity contribution in [3.8, 4) is 5.75 Å². The molecule has 1 heterocycles. The molecule has 3 aromatic carbocycles. The zero-order chi connectivity index (χ0) is 24.3. The number of aromatic nitrogens is 2. The molecule has 0 radical (unpaired) electrons. The average molecular weight is 470 g/mol. The zero-order valence-electron chi connectivity index (χ0n) is 20.6. The monoisotopic (exact) mass is 469 g/mol. The zero-order valence-corrected chi connectivity index (χ0v) is 20.6. The molecule has 0 aliphatic rings. The molecule has 0 unspecified atom stereocenters. The molecule has 1 aromatic heterocycles. The van der Waals surface area contributed by atoms with Gasteiger partial charge in [0.25, 0.3) is 0 Å². The number of hydrogen-bond acceptors (Lipinski definition) is 3. The molecule has 0 atom stereocenters. The van der Waals surface area contributed by atoms with Crippen molar-refractivity contribution < 1.29 is 9.53 Å². The predicted molar refractivity (Wildman–Crippen MR) is 142 cm³/mol. The van der Waals surface area contributed by atoms with E-state index in [4.69, 9.17) is 9.72 Å². The Balaban J connectivity index is 1.21. The van der Waals surface area contributed by atoms with Crippen molar-refractivity contribution in [3.63, 3.8) is 0 Å². The Hall–Kier alpha value is -3.60. The minimum atomic E-state index is 0.129. The number of benzene rings is 3. The number of hydrogen-bond donors (Lipinski definition) is 1. The van der Waals surface area contributed by atoms with Crippen LogP contribution in [0.25, 0.3) is 11.0 Å². The van der Waals surface area contributed by atoms with E-state index in [0.717, 1.165) is 67.8 Å². The van der Waals surface area contributed by atoms with E-state index in [1.165, 1.54) is 11.1 Å². The summed E-state index contributed by atoms with van der Waals surface area (Å²) in [5.74, 6) is 2.14. The normalized spacial score (nSPS) is 11.0. The van der Waals surface area contributed by atoms with Gasteiger partial charge in [-0.1, -0.05) is 61.0 Å². The summed E-state index contributed by atoms with van der Waals surface area (Å²) in [5.41, 5.74) is 4.59. The second-order valence-corrected chi connectivity index (χ2v) is 8.98. The standard InChI is InChI=1S/C30H35N3O2/c1-24-11-10-14-26(23-24)35-22-21-33-28-16-8-7-15-27(28)32-29(33)17-6-3-9-20-31-30(34)19-18-25-12-4-2-5-13-25/h2,4-5,7-8,10-16,23H,3,6,9,17-22H2,1H3,(H,31,34).